The van der Waals surface area contributed by atoms with Crippen molar-refractivity contribution in [2.45, 2.75) is 31.9 Å². The number of thioether (sulfide) groups is 1. The fraction of sp³-hybridized carbons (Fsp3) is 0.350. The molecule has 0 aromatic heterocycles. The number of hydrogen-bond acceptors (Lipinski definition) is 3. The predicted molar refractivity (Wildman–Crippen MR) is 103 cm³/mol. The molecular weight excluding hydrogens is 318 g/mol. The molecule has 0 aliphatic heterocycles. The Morgan fingerprint density at radius 3 is 2.67 bits per heavy atom. The van der Waals surface area contributed by atoms with Crippen molar-refractivity contribution in [3.05, 3.63) is 59.7 Å². The molecule has 2 aromatic rings. The highest BCUT2D eigenvalue weighted by atomic mass is 32.2. The zero-order valence-electron chi connectivity index (χ0n) is 14.5. The third-order valence-corrected chi connectivity index (χ3v) is 5.04. The number of methoxy groups -OCH3 is 1. The Labute approximate surface area is 148 Å². The molecule has 2 rings (SSSR count). The van der Waals surface area contributed by atoms with Crippen LogP contribution >= 0.6 is 11.8 Å². The SMILES string of the molecule is COc1ccc(C)cc1NC(=O)[C@@H](C)SCCCc1ccccc1. The second-order valence-electron chi connectivity index (χ2n) is 5.80. The van der Waals surface area contributed by atoms with E-state index < -0.39 is 0 Å². The van der Waals surface area contributed by atoms with Crippen LogP contribution in [0.4, 0.5) is 5.69 Å². The number of hydrogen-bond donors (Lipinski definition) is 1. The van der Waals surface area contributed by atoms with Gasteiger partial charge in [0.1, 0.15) is 5.75 Å². The molecule has 4 heteroatoms. The number of carbonyl (C=O) groups excluding carboxylic acids is 1. The quantitative estimate of drug-likeness (QED) is 0.706. The second-order valence-corrected chi connectivity index (χ2v) is 7.24. The van der Waals surface area contributed by atoms with Crippen LogP contribution in [0.5, 0.6) is 5.75 Å². The van der Waals surface area contributed by atoms with Crippen molar-refractivity contribution in [1.29, 1.82) is 0 Å². The molecule has 1 amide bonds. The molecule has 1 N–H and O–H groups in total. The van der Waals surface area contributed by atoms with Crippen LogP contribution in [0.2, 0.25) is 0 Å². The number of amides is 1. The van der Waals surface area contributed by atoms with Crippen LogP contribution in [-0.2, 0) is 11.2 Å². The predicted octanol–water partition coefficient (Wildman–Crippen LogP) is 4.70. The number of ether oxygens (including phenoxy) is 1. The number of rotatable bonds is 8. The van der Waals surface area contributed by atoms with E-state index in [1.807, 2.05) is 38.1 Å². The summed E-state index contributed by atoms with van der Waals surface area (Å²) in [6, 6.07) is 16.2. The third kappa shape index (κ3) is 5.60. The van der Waals surface area contributed by atoms with Gasteiger partial charge in [0, 0.05) is 0 Å². The van der Waals surface area contributed by atoms with Crippen LogP contribution in [0.3, 0.4) is 0 Å². The van der Waals surface area contributed by atoms with E-state index in [0.717, 1.165) is 29.8 Å². The molecule has 24 heavy (non-hydrogen) atoms. The number of nitrogens with one attached hydrogen (secondary N) is 1. The lowest BCUT2D eigenvalue weighted by Gasteiger charge is -2.14. The molecular formula is C20H25NO2S. The summed E-state index contributed by atoms with van der Waals surface area (Å²) in [7, 11) is 1.61. The van der Waals surface area contributed by atoms with E-state index in [1.165, 1.54) is 5.56 Å². The van der Waals surface area contributed by atoms with E-state index in [9.17, 15) is 4.79 Å². The minimum atomic E-state index is -0.0917. The van der Waals surface area contributed by atoms with Gasteiger partial charge in [-0.25, -0.2) is 0 Å². The second kappa shape index (κ2) is 9.38. The molecule has 0 radical (unpaired) electrons. The normalized spacial score (nSPS) is 11.8. The summed E-state index contributed by atoms with van der Waals surface area (Å²) in [4.78, 5) is 12.4. The highest BCUT2D eigenvalue weighted by Gasteiger charge is 2.15. The maximum atomic E-state index is 12.4. The van der Waals surface area contributed by atoms with Gasteiger partial charge < -0.3 is 10.1 Å². The van der Waals surface area contributed by atoms with E-state index in [1.54, 1.807) is 18.9 Å². The molecule has 0 spiro atoms. The number of carbonyl (C=O) groups is 1. The van der Waals surface area contributed by atoms with Crippen molar-refractivity contribution in [1.82, 2.24) is 0 Å². The summed E-state index contributed by atoms with van der Waals surface area (Å²) in [5.74, 6) is 1.67. The standard InChI is InChI=1S/C20H25NO2S/c1-15-11-12-19(23-3)18(14-15)21-20(22)16(2)24-13-7-10-17-8-5-4-6-9-17/h4-6,8-9,11-12,14,16H,7,10,13H2,1-3H3,(H,21,22)/t16-/m1/s1. The first kappa shape index (κ1) is 18.4. The van der Waals surface area contributed by atoms with E-state index in [4.69, 9.17) is 4.74 Å². The van der Waals surface area contributed by atoms with Crippen molar-refractivity contribution in [3.63, 3.8) is 0 Å². The molecule has 0 aliphatic rings. The van der Waals surface area contributed by atoms with Crippen molar-refractivity contribution in [2.24, 2.45) is 0 Å². The van der Waals surface area contributed by atoms with Crippen molar-refractivity contribution in [2.75, 3.05) is 18.2 Å². The largest absolute Gasteiger partial charge is 0.495 e. The zero-order chi connectivity index (χ0) is 17.4. The lowest BCUT2D eigenvalue weighted by molar-refractivity contribution is -0.115. The number of anilines is 1. The smallest absolute Gasteiger partial charge is 0.237 e. The first-order valence-electron chi connectivity index (χ1n) is 8.21. The first-order chi connectivity index (χ1) is 11.6. The fourth-order valence-electron chi connectivity index (χ4n) is 2.41. The number of aryl methyl sites for hydroxylation is 2. The average molecular weight is 343 g/mol. The summed E-state index contributed by atoms with van der Waals surface area (Å²) in [5.41, 5.74) is 3.17. The minimum absolute atomic E-state index is 0.0172. The summed E-state index contributed by atoms with van der Waals surface area (Å²) in [6.45, 7) is 3.95. The van der Waals surface area contributed by atoms with Gasteiger partial charge in [-0.2, -0.15) is 0 Å². The van der Waals surface area contributed by atoms with Crippen LogP contribution in [0.15, 0.2) is 48.5 Å². The number of benzene rings is 2. The van der Waals surface area contributed by atoms with E-state index >= 15 is 0 Å². The lowest BCUT2D eigenvalue weighted by Crippen LogP contribution is -2.23. The molecule has 1 atom stereocenters. The fourth-order valence-corrected chi connectivity index (χ4v) is 3.29. The Hall–Kier alpha value is -1.94. The minimum Gasteiger partial charge on any atom is -0.495 e. The summed E-state index contributed by atoms with van der Waals surface area (Å²) < 4.78 is 5.31. The van der Waals surface area contributed by atoms with Crippen LogP contribution in [0.1, 0.15) is 24.5 Å². The van der Waals surface area contributed by atoms with Gasteiger partial charge >= 0.3 is 0 Å². The topological polar surface area (TPSA) is 38.3 Å². The summed E-state index contributed by atoms with van der Waals surface area (Å²) in [6.07, 6.45) is 2.12. The van der Waals surface area contributed by atoms with E-state index in [2.05, 4.69) is 29.6 Å². The molecule has 0 fully saturated rings. The third-order valence-electron chi connectivity index (χ3n) is 3.80. The highest BCUT2D eigenvalue weighted by Crippen LogP contribution is 2.26. The van der Waals surface area contributed by atoms with Crippen LogP contribution in [-0.4, -0.2) is 24.0 Å². The Kier molecular flexibility index (Phi) is 7.19. The van der Waals surface area contributed by atoms with Gasteiger partial charge in [-0.15, -0.1) is 11.8 Å². The van der Waals surface area contributed by atoms with E-state index in [0.29, 0.717) is 5.75 Å². The van der Waals surface area contributed by atoms with Crippen LogP contribution < -0.4 is 10.1 Å². The van der Waals surface area contributed by atoms with Gasteiger partial charge in [0.05, 0.1) is 18.0 Å². The van der Waals surface area contributed by atoms with Crippen LogP contribution in [0.25, 0.3) is 0 Å². The summed E-state index contributed by atoms with van der Waals surface area (Å²) >= 11 is 1.69. The molecule has 0 heterocycles. The van der Waals surface area contributed by atoms with E-state index in [-0.39, 0.29) is 11.2 Å². The van der Waals surface area contributed by atoms with Crippen molar-refractivity contribution in [3.8, 4) is 5.75 Å². The van der Waals surface area contributed by atoms with Gasteiger partial charge in [-0.1, -0.05) is 36.4 Å². The first-order valence-corrected chi connectivity index (χ1v) is 9.26. The Morgan fingerprint density at radius 1 is 1.21 bits per heavy atom. The van der Waals surface area contributed by atoms with Gasteiger partial charge in [-0.05, 0) is 55.7 Å². The molecule has 0 saturated heterocycles. The summed E-state index contributed by atoms with van der Waals surface area (Å²) in [5, 5.41) is 2.88. The molecule has 0 bridgehead atoms. The molecule has 128 valence electrons. The van der Waals surface area contributed by atoms with Crippen molar-refractivity contribution >= 4 is 23.4 Å². The molecule has 0 aliphatic carbocycles. The molecule has 0 saturated carbocycles. The zero-order valence-corrected chi connectivity index (χ0v) is 15.4. The Bertz CT molecular complexity index is 658. The van der Waals surface area contributed by atoms with Crippen molar-refractivity contribution < 1.29 is 9.53 Å². The maximum absolute atomic E-state index is 12.4. The van der Waals surface area contributed by atoms with Gasteiger partial charge in [-0.3, -0.25) is 4.79 Å². The van der Waals surface area contributed by atoms with Gasteiger partial charge in [0.2, 0.25) is 5.91 Å². The monoisotopic (exact) mass is 343 g/mol. The van der Waals surface area contributed by atoms with Crippen LogP contribution in [0, 0.1) is 6.92 Å². The average Bonchev–Trinajstić information content (AvgIpc) is 2.59. The Morgan fingerprint density at radius 2 is 1.96 bits per heavy atom. The Balaban J connectivity index is 1.79. The maximum Gasteiger partial charge on any atom is 0.237 e. The molecule has 3 nitrogen and oxygen atoms in total. The van der Waals surface area contributed by atoms with Gasteiger partial charge in [0.25, 0.3) is 0 Å². The molecule has 2 aromatic carbocycles. The van der Waals surface area contributed by atoms with Gasteiger partial charge in [0.15, 0.2) is 0 Å². The highest BCUT2D eigenvalue weighted by molar-refractivity contribution is 8.00. The molecule has 0 unspecified atom stereocenters. The lowest BCUT2D eigenvalue weighted by atomic mass is 10.1.